The van der Waals surface area contributed by atoms with Crippen LogP contribution in [-0.4, -0.2) is 9.97 Å². The molecular weight excluding hydrogens is 252 g/mol. The summed E-state index contributed by atoms with van der Waals surface area (Å²) >= 11 is 1.62. The van der Waals surface area contributed by atoms with E-state index < -0.39 is 0 Å². The molecule has 2 heterocycles. The summed E-state index contributed by atoms with van der Waals surface area (Å²) in [6.07, 6.45) is 5.97. The van der Waals surface area contributed by atoms with Gasteiger partial charge in [-0.1, -0.05) is 37.3 Å². The molecule has 3 rings (SSSR count). The minimum absolute atomic E-state index is 0.916. The summed E-state index contributed by atoms with van der Waals surface area (Å²) < 4.78 is 0. The third kappa shape index (κ3) is 2.42. The van der Waals surface area contributed by atoms with Crippen molar-refractivity contribution < 1.29 is 0 Å². The van der Waals surface area contributed by atoms with Crippen molar-refractivity contribution in [3.05, 3.63) is 60.0 Å². The normalized spacial score (nSPS) is 10.6. The second kappa shape index (κ2) is 5.33. The molecule has 1 radical (unpaired) electrons. The summed E-state index contributed by atoms with van der Waals surface area (Å²) in [5.74, 6) is 0. The van der Waals surface area contributed by atoms with E-state index in [0.717, 1.165) is 22.6 Å². The van der Waals surface area contributed by atoms with Crippen molar-refractivity contribution in [2.45, 2.75) is 13.3 Å². The van der Waals surface area contributed by atoms with E-state index in [9.17, 15) is 0 Å². The van der Waals surface area contributed by atoms with Gasteiger partial charge in [0.25, 0.3) is 0 Å². The molecule has 19 heavy (non-hydrogen) atoms. The average Bonchev–Trinajstić information content (AvgIpc) is 3.01. The van der Waals surface area contributed by atoms with Gasteiger partial charge < -0.3 is 0 Å². The van der Waals surface area contributed by atoms with Crippen LogP contribution < -0.4 is 0 Å². The molecule has 0 bridgehead atoms. The number of rotatable bonds is 3. The summed E-state index contributed by atoms with van der Waals surface area (Å²) in [5, 5.41) is 0. The average molecular weight is 265 g/mol. The van der Waals surface area contributed by atoms with Gasteiger partial charge >= 0.3 is 0 Å². The lowest BCUT2D eigenvalue weighted by Crippen LogP contribution is -1.92. The van der Waals surface area contributed by atoms with Crippen LogP contribution in [0.2, 0.25) is 0 Å². The zero-order chi connectivity index (χ0) is 13.1. The van der Waals surface area contributed by atoms with Crippen molar-refractivity contribution in [1.29, 1.82) is 0 Å². The molecule has 0 aliphatic rings. The number of thiazole rings is 1. The Kier molecular flexibility index (Phi) is 3.38. The highest BCUT2D eigenvalue weighted by molar-refractivity contribution is 7.13. The minimum atomic E-state index is 0.916. The molecular formula is C16H13N2S. The van der Waals surface area contributed by atoms with Gasteiger partial charge in [0, 0.05) is 17.5 Å². The maximum atomic E-state index is 4.39. The van der Waals surface area contributed by atoms with Crippen LogP contribution in [0.1, 0.15) is 12.6 Å². The Morgan fingerprint density at radius 2 is 2.05 bits per heavy atom. The first-order chi connectivity index (χ1) is 9.38. The van der Waals surface area contributed by atoms with Crippen molar-refractivity contribution >= 4 is 11.3 Å². The largest absolute Gasteiger partial charge is 0.252 e. The molecule has 0 atom stereocenters. The fraction of sp³-hybridized carbons (Fsp3) is 0.125. The first-order valence-corrected chi connectivity index (χ1v) is 7.12. The monoisotopic (exact) mass is 265 g/mol. The molecule has 0 unspecified atom stereocenters. The first-order valence-electron chi connectivity index (χ1n) is 6.24. The Morgan fingerprint density at radius 3 is 2.74 bits per heavy atom. The highest BCUT2D eigenvalue weighted by atomic mass is 32.1. The Labute approximate surface area is 116 Å². The molecule has 0 amide bonds. The lowest BCUT2D eigenvalue weighted by molar-refractivity contribution is 1.03. The van der Waals surface area contributed by atoms with Gasteiger partial charge in [0.15, 0.2) is 0 Å². The van der Waals surface area contributed by atoms with E-state index in [1.165, 1.54) is 11.1 Å². The number of nitrogens with zero attached hydrogens (tertiary/aromatic N) is 2. The molecule has 3 heteroatoms. The third-order valence-corrected chi connectivity index (χ3v) is 3.81. The zero-order valence-corrected chi connectivity index (χ0v) is 11.4. The molecule has 2 aromatic heterocycles. The van der Waals surface area contributed by atoms with Gasteiger partial charge in [-0.2, -0.15) is 0 Å². The Bertz CT molecular complexity index is 660. The SMILES string of the molecule is CCc1cc(-c2ccccc2)c(-c2cncs2)[c]n1. The van der Waals surface area contributed by atoms with Crippen molar-refractivity contribution in [3.8, 4) is 21.6 Å². The minimum Gasteiger partial charge on any atom is -0.252 e. The van der Waals surface area contributed by atoms with Crippen molar-refractivity contribution in [2.24, 2.45) is 0 Å². The third-order valence-electron chi connectivity index (χ3n) is 3.02. The molecule has 0 aliphatic heterocycles. The predicted molar refractivity (Wildman–Crippen MR) is 79.0 cm³/mol. The fourth-order valence-corrected chi connectivity index (χ4v) is 2.64. The van der Waals surface area contributed by atoms with Gasteiger partial charge in [-0.15, -0.1) is 11.3 Å². The number of hydrogen-bond donors (Lipinski definition) is 0. The van der Waals surface area contributed by atoms with Crippen LogP contribution >= 0.6 is 11.3 Å². The summed E-state index contributed by atoms with van der Waals surface area (Å²) in [7, 11) is 0. The van der Waals surface area contributed by atoms with Gasteiger partial charge in [0.05, 0.1) is 16.6 Å². The van der Waals surface area contributed by atoms with Crippen molar-refractivity contribution in [3.63, 3.8) is 0 Å². The number of hydrogen-bond acceptors (Lipinski definition) is 3. The van der Waals surface area contributed by atoms with E-state index >= 15 is 0 Å². The summed E-state index contributed by atoms with van der Waals surface area (Å²) in [6.45, 7) is 2.11. The van der Waals surface area contributed by atoms with Crippen molar-refractivity contribution in [1.82, 2.24) is 9.97 Å². The lowest BCUT2D eigenvalue weighted by atomic mass is 9.99. The van der Waals surface area contributed by atoms with Gasteiger partial charge in [-0.25, -0.2) is 0 Å². The molecule has 1 aromatic carbocycles. The quantitative estimate of drug-likeness (QED) is 0.708. The molecule has 0 N–H and O–H groups in total. The highest BCUT2D eigenvalue weighted by Gasteiger charge is 2.10. The Morgan fingerprint density at radius 1 is 1.21 bits per heavy atom. The van der Waals surface area contributed by atoms with Crippen molar-refractivity contribution in [2.75, 3.05) is 0 Å². The molecule has 0 saturated heterocycles. The first kappa shape index (κ1) is 12.1. The molecule has 3 aromatic rings. The predicted octanol–water partition coefficient (Wildman–Crippen LogP) is 4.23. The number of aryl methyl sites for hydroxylation is 1. The number of benzene rings is 1. The van der Waals surface area contributed by atoms with Crippen LogP contribution in [0.25, 0.3) is 21.6 Å². The van der Waals surface area contributed by atoms with Gasteiger partial charge in [-0.3, -0.25) is 9.97 Å². The van der Waals surface area contributed by atoms with Crippen LogP contribution in [-0.2, 0) is 6.42 Å². The summed E-state index contributed by atoms with van der Waals surface area (Å²) in [4.78, 5) is 9.65. The topological polar surface area (TPSA) is 25.8 Å². The molecule has 93 valence electrons. The van der Waals surface area contributed by atoms with E-state index in [2.05, 4.69) is 53.4 Å². The standard InChI is InChI=1S/C16H13N2S/c1-2-13-8-14(12-6-4-3-5-7-12)15(9-18-13)16-10-17-11-19-16/h3-8,10-11H,2H2,1H3. The second-order valence-electron chi connectivity index (χ2n) is 4.23. The maximum absolute atomic E-state index is 4.39. The molecule has 0 saturated carbocycles. The highest BCUT2D eigenvalue weighted by Crippen LogP contribution is 2.33. The Balaban J connectivity index is 2.20. The lowest BCUT2D eigenvalue weighted by Gasteiger charge is -2.09. The van der Waals surface area contributed by atoms with Crippen LogP contribution in [0.5, 0.6) is 0 Å². The van der Waals surface area contributed by atoms with E-state index in [-0.39, 0.29) is 0 Å². The summed E-state index contributed by atoms with van der Waals surface area (Å²) in [6, 6.07) is 12.5. The second-order valence-corrected chi connectivity index (χ2v) is 5.12. The number of aromatic nitrogens is 2. The van der Waals surface area contributed by atoms with E-state index in [4.69, 9.17) is 0 Å². The van der Waals surface area contributed by atoms with Crippen LogP contribution in [0.4, 0.5) is 0 Å². The smallest absolute Gasteiger partial charge is 0.0989 e. The van der Waals surface area contributed by atoms with E-state index in [1.54, 1.807) is 11.3 Å². The Hall–Kier alpha value is -2.00. The van der Waals surface area contributed by atoms with Crippen LogP contribution in [0.15, 0.2) is 48.1 Å². The number of pyridine rings is 1. The fourth-order valence-electron chi connectivity index (χ4n) is 2.01. The van der Waals surface area contributed by atoms with Crippen LogP contribution in [0, 0.1) is 6.20 Å². The van der Waals surface area contributed by atoms with Gasteiger partial charge in [-0.05, 0) is 23.6 Å². The maximum Gasteiger partial charge on any atom is 0.0989 e. The molecule has 0 fully saturated rings. The van der Waals surface area contributed by atoms with Gasteiger partial charge in [0.1, 0.15) is 0 Å². The van der Waals surface area contributed by atoms with Crippen LogP contribution in [0.3, 0.4) is 0 Å². The summed E-state index contributed by atoms with van der Waals surface area (Å²) in [5.41, 5.74) is 6.31. The molecule has 0 aliphatic carbocycles. The van der Waals surface area contributed by atoms with E-state index in [1.807, 2.05) is 17.8 Å². The van der Waals surface area contributed by atoms with E-state index in [0.29, 0.717) is 0 Å². The molecule has 0 spiro atoms. The molecule has 2 nitrogen and oxygen atoms in total. The zero-order valence-electron chi connectivity index (χ0n) is 10.6. The van der Waals surface area contributed by atoms with Gasteiger partial charge in [0.2, 0.25) is 0 Å².